The number of alkyl carbamates (subject to hydrolysis) is 1. The molecule has 3 aliphatic rings. The summed E-state index contributed by atoms with van der Waals surface area (Å²) >= 11 is 0. The van der Waals surface area contributed by atoms with Crippen LogP contribution in [0.3, 0.4) is 0 Å². The van der Waals surface area contributed by atoms with Crippen LogP contribution in [0.4, 0.5) is 4.79 Å². The number of nitrogens with one attached hydrogen (secondary N) is 3. The van der Waals surface area contributed by atoms with Gasteiger partial charge in [0, 0.05) is 12.3 Å². The molecule has 4 amide bonds. The fourth-order valence-electron chi connectivity index (χ4n) is 5.57. The van der Waals surface area contributed by atoms with Crippen molar-refractivity contribution in [2.45, 2.75) is 115 Å². The summed E-state index contributed by atoms with van der Waals surface area (Å²) in [5.41, 5.74) is -4.36. The van der Waals surface area contributed by atoms with Crippen LogP contribution in [-0.2, 0) is 34.7 Å². The molecule has 1 aromatic rings. The summed E-state index contributed by atoms with van der Waals surface area (Å²) in [4.78, 5) is 55.5. The third-order valence-corrected chi connectivity index (χ3v) is 10.1. The highest BCUT2D eigenvalue weighted by atomic mass is 32.2. The van der Waals surface area contributed by atoms with Gasteiger partial charge in [-0.05, 0) is 51.0 Å². The number of ether oxygens (including phenoxy) is 1. The van der Waals surface area contributed by atoms with E-state index in [1.807, 2.05) is 13.8 Å². The first-order valence-electron chi connectivity index (χ1n) is 15.8. The molecule has 1 aliphatic heterocycles. The summed E-state index contributed by atoms with van der Waals surface area (Å²) in [6.45, 7) is 17.8. The number of sulfonamides is 1. The van der Waals surface area contributed by atoms with Gasteiger partial charge in [0.1, 0.15) is 28.8 Å². The number of aliphatic hydroxyl groups is 1. The van der Waals surface area contributed by atoms with Crippen LogP contribution >= 0.6 is 0 Å². The molecule has 1 saturated heterocycles. The highest BCUT2D eigenvalue weighted by Crippen LogP contribution is 2.46. The van der Waals surface area contributed by atoms with Crippen LogP contribution < -0.4 is 15.4 Å². The van der Waals surface area contributed by atoms with Gasteiger partial charge in [0.05, 0.1) is 11.8 Å². The van der Waals surface area contributed by atoms with E-state index < -0.39 is 79.2 Å². The number of carbonyl (C=O) groups excluding carboxylic acids is 4. The van der Waals surface area contributed by atoms with E-state index in [4.69, 9.17) is 4.74 Å². The zero-order valence-electron chi connectivity index (χ0n) is 28.2. The van der Waals surface area contributed by atoms with Gasteiger partial charge in [0.2, 0.25) is 21.8 Å². The van der Waals surface area contributed by atoms with Crippen molar-refractivity contribution in [2.75, 3.05) is 6.54 Å². The average molecular weight is 663 g/mol. The SMILES string of the molecule is C=C[C@@H]1C[C@]1(NC(=O)[C@@H]1C[C@@](O)(c2ccccc2)CN1C(=O)[C@@H](NC(=O)OC(C)(C)C)C(C)(C)C)C(=O)NS(=O)(=O)C1CC1.CC. The van der Waals surface area contributed by atoms with Crippen LogP contribution in [-0.4, -0.2) is 77.3 Å². The Morgan fingerprint density at radius 2 is 1.63 bits per heavy atom. The quantitative estimate of drug-likeness (QED) is 0.292. The fraction of sp³-hybridized carbons (Fsp3) is 0.636. The van der Waals surface area contributed by atoms with E-state index in [-0.39, 0.29) is 19.4 Å². The molecule has 1 aromatic carbocycles. The first-order valence-corrected chi connectivity index (χ1v) is 17.4. The maximum absolute atomic E-state index is 14.2. The molecule has 46 heavy (non-hydrogen) atoms. The zero-order valence-corrected chi connectivity index (χ0v) is 29.0. The second-order valence-corrected chi connectivity index (χ2v) is 16.2. The second-order valence-electron chi connectivity index (χ2n) is 14.2. The number of likely N-dealkylation sites (tertiary alicyclic amines) is 1. The first kappa shape index (κ1) is 37.0. The van der Waals surface area contributed by atoms with Crippen LogP contribution in [0, 0.1) is 11.3 Å². The molecule has 0 aromatic heterocycles. The first-order chi connectivity index (χ1) is 21.2. The molecule has 5 atom stereocenters. The van der Waals surface area contributed by atoms with Gasteiger partial charge in [0.25, 0.3) is 5.91 Å². The van der Waals surface area contributed by atoms with Gasteiger partial charge in [-0.2, -0.15) is 0 Å². The zero-order chi connectivity index (χ0) is 34.9. The highest BCUT2D eigenvalue weighted by Gasteiger charge is 2.62. The van der Waals surface area contributed by atoms with Crippen molar-refractivity contribution in [1.29, 1.82) is 0 Å². The van der Waals surface area contributed by atoms with E-state index in [2.05, 4.69) is 21.9 Å². The smallest absolute Gasteiger partial charge is 0.408 e. The lowest BCUT2D eigenvalue weighted by Gasteiger charge is -2.36. The molecule has 2 saturated carbocycles. The van der Waals surface area contributed by atoms with Crippen molar-refractivity contribution in [1.82, 2.24) is 20.3 Å². The molecule has 4 rings (SSSR count). The predicted molar refractivity (Wildman–Crippen MR) is 174 cm³/mol. The molecule has 0 unspecified atom stereocenters. The number of hydrogen-bond acceptors (Lipinski definition) is 8. The third kappa shape index (κ3) is 8.28. The molecule has 0 radical (unpaired) electrons. The number of amides is 4. The maximum atomic E-state index is 14.2. The lowest BCUT2D eigenvalue weighted by molar-refractivity contribution is -0.143. The monoisotopic (exact) mass is 662 g/mol. The molecule has 13 heteroatoms. The Hall–Kier alpha value is -3.45. The van der Waals surface area contributed by atoms with E-state index in [0.29, 0.717) is 18.4 Å². The standard InChI is InChI=1S/C31H44N4O8S.C2H6/c1-8-19-16-31(19,26(38)34-44(41,42)21-14-15-21)33-24(36)22-17-30(40,20-12-10-9-11-13-20)18-35(22)25(37)23(28(2,3)4)32-27(39)43-29(5,6)7;1-2/h8-13,19,21-23,40H,1,14-18H2,2-7H3,(H,32,39)(H,33,36)(H,34,38);1-2H3/t19-,22+,23-,30+,31-;/m1./s1. The van der Waals surface area contributed by atoms with E-state index in [0.717, 1.165) is 0 Å². The van der Waals surface area contributed by atoms with E-state index in [9.17, 15) is 32.7 Å². The van der Waals surface area contributed by atoms with Gasteiger partial charge in [-0.1, -0.05) is 71.0 Å². The Morgan fingerprint density at radius 1 is 1.04 bits per heavy atom. The largest absolute Gasteiger partial charge is 0.444 e. The van der Waals surface area contributed by atoms with Gasteiger partial charge in [0.15, 0.2) is 0 Å². The molecule has 3 fully saturated rings. The molecule has 2 aliphatic carbocycles. The van der Waals surface area contributed by atoms with Gasteiger partial charge < -0.3 is 25.4 Å². The van der Waals surface area contributed by atoms with E-state index in [1.54, 1.807) is 71.9 Å². The minimum Gasteiger partial charge on any atom is -0.444 e. The summed E-state index contributed by atoms with van der Waals surface area (Å²) in [6, 6.07) is 6.21. The van der Waals surface area contributed by atoms with E-state index >= 15 is 0 Å². The number of rotatable bonds is 9. The molecule has 1 heterocycles. The topological polar surface area (TPSA) is 171 Å². The highest BCUT2D eigenvalue weighted by molar-refractivity contribution is 7.91. The van der Waals surface area contributed by atoms with Gasteiger partial charge in [-0.15, -0.1) is 6.58 Å². The predicted octanol–water partition coefficient (Wildman–Crippen LogP) is 3.11. The van der Waals surface area contributed by atoms with Gasteiger partial charge >= 0.3 is 6.09 Å². The van der Waals surface area contributed by atoms with Crippen molar-refractivity contribution in [2.24, 2.45) is 11.3 Å². The Kier molecular flexibility index (Phi) is 10.7. The lowest BCUT2D eigenvalue weighted by atomic mass is 9.85. The van der Waals surface area contributed by atoms with Crippen molar-refractivity contribution < 1.29 is 37.4 Å². The summed E-state index contributed by atoms with van der Waals surface area (Å²) in [5.74, 6) is -2.76. The molecular weight excluding hydrogens is 612 g/mol. The molecular formula is C33H50N4O8S. The summed E-state index contributed by atoms with van der Waals surface area (Å²) in [5, 5.41) is 16.5. The van der Waals surface area contributed by atoms with Crippen molar-refractivity contribution in [3.8, 4) is 0 Å². The second kappa shape index (κ2) is 13.3. The number of benzene rings is 1. The molecule has 256 valence electrons. The number of nitrogens with zero attached hydrogens (tertiary/aromatic N) is 1. The Labute approximate surface area is 272 Å². The summed E-state index contributed by atoms with van der Waals surface area (Å²) < 4.78 is 32.6. The van der Waals surface area contributed by atoms with Crippen LogP contribution in [0.1, 0.15) is 86.6 Å². The van der Waals surface area contributed by atoms with Crippen molar-refractivity contribution in [3.05, 3.63) is 48.6 Å². The minimum atomic E-state index is -3.89. The fourth-order valence-corrected chi connectivity index (χ4v) is 6.93. The Balaban J connectivity index is 0.00000282. The van der Waals surface area contributed by atoms with Crippen LogP contribution in [0.2, 0.25) is 0 Å². The third-order valence-electron chi connectivity index (χ3n) is 8.26. The van der Waals surface area contributed by atoms with Gasteiger partial charge in [-0.3, -0.25) is 19.1 Å². The lowest BCUT2D eigenvalue weighted by Crippen LogP contribution is -2.60. The van der Waals surface area contributed by atoms with Crippen LogP contribution in [0.25, 0.3) is 0 Å². The molecule has 0 bridgehead atoms. The van der Waals surface area contributed by atoms with Crippen molar-refractivity contribution >= 4 is 33.8 Å². The van der Waals surface area contributed by atoms with Gasteiger partial charge in [-0.25, -0.2) is 13.2 Å². The average Bonchev–Trinajstić information content (AvgIpc) is 3.89. The van der Waals surface area contributed by atoms with Crippen LogP contribution in [0.5, 0.6) is 0 Å². The van der Waals surface area contributed by atoms with Crippen LogP contribution in [0.15, 0.2) is 43.0 Å². The number of β-amino-alcohol motifs (C(OH)–C–C–N with tert-alkyl or cyclic N) is 1. The Bertz CT molecular complexity index is 1430. The molecule has 0 spiro atoms. The van der Waals surface area contributed by atoms with Crippen molar-refractivity contribution in [3.63, 3.8) is 0 Å². The molecule has 12 nitrogen and oxygen atoms in total. The van der Waals surface area contributed by atoms with E-state index in [1.165, 1.54) is 11.0 Å². The number of hydrogen-bond donors (Lipinski definition) is 4. The minimum absolute atomic E-state index is 0.128. The molecule has 4 N–H and O–H groups in total. The maximum Gasteiger partial charge on any atom is 0.408 e. The number of carbonyl (C=O) groups is 4. The normalized spacial score (nSPS) is 26.5. The summed E-state index contributed by atoms with van der Waals surface area (Å²) in [7, 11) is -3.89. The summed E-state index contributed by atoms with van der Waals surface area (Å²) in [6.07, 6.45) is 1.50. The Morgan fingerprint density at radius 3 is 2.11 bits per heavy atom.